The third-order valence-corrected chi connectivity index (χ3v) is 3.33. The van der Waals surface area contributed by atoms with E-state index in [1.54, 1.807) is 0 Å². The molecule has 1 aromatic carbocycles. The topological polar surface area (TPSA) is 51.0 Å². The Morgan fingerprint density at radius 1 is 1.47 bits per heavy atom. The van der Waals surface area contributed by atoms with Crippen LogP contribution >= 0.6 is 11.6 Å². The highest BCUT2D eigenvalue weighted by molar-refractivity contribution is 6.30. The van der Waals surface area contributed by atoms with Crippen LogP contribution in [-0.2, 0) is 13.0 Å². The molecule has 4 nitrogen and oxygen atoms in total. The SMILES string of the molecule is Clc1ccc2c(c1)CCC2NCc1ncon1. The first-order valence-electron chi connectivity index (χ1n) is 5.60. The van der Waals surface area contributed by atoms with E-state index in [2.05, 4.69) is 21.5 Å². The lowest BCUT2D eigenvalue weighted by molar-refractivity contribution is 0.403. The molecule has 0 aliphatic heterocycles. The molecule has 5 heteroatoms. The molecule has 3 rings (SSSR count). The summed E-state index contributed by atoms with van der Waals surface area (Å²) in [6.07, 6.45) is 3.51. The molecule has 1 unspecified atom stereocenters. The Balaban J connectivity index is 1.71. The average Bonchev–Trinajstić information content (AvgIpc) is 2.94. The van der Waals surface area contributed by atoms with Gasteiger partial charge in [-0.15, -0.1) is 0 Å². The highest BCUT2D eigenvalue weighted by Gasteiger charge is 2.22. The van der Waals surface area contributed by atoms with E-state index in [4.69, 9.17) is 16.1 Å². The molecule has 1 aliphatic carbocycles. The molecule has 1 aromatic heterocycles. The Kier molecular flexibility index (Phi) is 2.82. The maximum Gasteiger partial charge on any atom is 0.213 e. The lowest BCUT2D eigenvalue weighted by Gasteiger charge is -2.12. The first kappa shape index (κ1) is 10.7. The van der Waals surface area contributed by atoms with Gasteiger partial charge in [0.1, 0.15) is 0 Å². The van der Waals surface area contributed by atoms with Gasteiger partial charge < -0.3 is 9.84 Å². The number of nitrogens with one attached hydrogen (secondary N) is 1. The Labute approximate surface area is 104 Å². The summed E-state index contributed by atoms with van der Waals surface area (Å²) in [6, 6.07) is 6.45. The van der Waals surface area contributed by atoms with E-state index in [1.807, 2.05) is 12.1 Å². The summed E-state index contributed by atoms with van der Waals surface area (Å²) in [4.78, 5) is 3.99. The molecule has 0 radical (unpaired) electrons. The molecule has 1 atom stereocenters. The van der Waals surface area contributed by atoms with E-state index in [9.17, 15) is 0 Å². The maximum absolute atomic E-state index is 5.98. The summed E-state index contributed by atoms with van der Waals surface area (Å²) in [5.41, 5.74) is 2.67. The van der Waals surface area contributed by atoms with Gasteiger partial charge in [0.25, 0.3) is 0 Å². The minimum Gasteiger partial charge on any atom is -0.343 e. The van der Waals surface area contributed by atoms with E-state index < -0.39 is 0 Å². The largest absolute Gasteiger partial charge is 0.343 e. The van der Waals surface area contributed by atoms with Crippen molar-refractivity contribution in [3.8, 4) is 0 Å². The number of halogens is 1. The number of aromatic nitrogens is 2. The van der Waals surface area contributed by atoms with E-state index in [0.29, 0.717) is 18.4 Å². The first-order valence-corrected chi connectivity index (χ1v) is 5.97. The fraction of sp³-hybridized carbons (Fsp3) is 0.333. The molecule has 1 aliphatic rings. The van der Waals surface area contributed by atoms with Crippen molar-refractivity contribution in [3.63, 3.8) is 0 Å². The van der Waals surface area contributed by atoms with Gasteiger partial charge in [0.05, 0.1) is 6.54 Å². The highest BCUT2D eigenvalue weighted by Crippen LogP contribution is 2.32. The molecule has 0 fully saturated rings. The van der Waals surface area contributed by atoms with Gasteiger partial charge in [-0.25, -0.2) is 0 Å². The molecule has 0 spiro atoms. The Morgan fingerprint density at radius 3 is 3.24 bits per heavy atom. The Bertz CT molecular complexity index is 512. The zero-order chi connectivity index (χ0) is 11.7. The van der Waals surface area contributed by atoms with Crippen molar-refractivity contribution in [2.24, 2.45) is 0 Å². The molecule has 1 heterocycles. The predicted octanol–water partition coefficient (Wildman–Crippen LogP) is 2.50. The van der Waals surface area contributed by atoms with Crippen LogP contribution in [0.2, 0.25) is 5.02 Å². The Hall–Kier alpha value is -1.39. The number of nitrogens with zero attached hydrogens (tertiary/aromatic N) is 2. The van der Waals surface area contributed by atoms with E-state index in [-0.39, 0.29) is 0 Å². The zero-order valence-electron chi connectivity index (χ0n) is 9.19. The smallest absolute Gasteiger partial charge is 0.213 e. The second kappa shape index (κ2) is 4.47. The standard InChI is InChI=1S/C12H12ClN3O/c13-9-2-3-10-8(5-9)1-4-11(10)14-6-12-15-7-17-16-12/h2-3,5,7,11,14H,1,4,6H2. The number of hydrogen-bond acceptors (Lipinski definition) is 4. The zero-order valence-corrected chi connectivity index (χ0v) is 9.94. The van der Waals surface area contributed by atoms with Gasteiger partial charge in [0.15, 0.2) is 5.82 Å². The lowest BCUT2D eigenvalue weighted by atomic mass is 10.1. The van der Waals surface area contributed by atoms with Crippen LogP contribution in [0.1, 0.15) is 29.4 Å². The van der Waals surface area contributed by atoms with Gasteiger partial charge in [-0.1, -0.05) is 22.8 Å². The minimum absolute atomic E-state index is 0.362. The highest BCUT2D eigenvalue weighted by atomic mass is 35.5. The summed E-state index contributed by atoms with van der Waals surface area (Å²) in [5.74, 6) is 0.687. The quantitative estimate of drug-likeness (QED) is 0.908. The van der Waals surface area contributed by atoms with Crippen LogP contribution in [-0.4, -0.2) is 10.1 Å². The maximum atomic E-state index is 5.98. The van der Waals surface area contributed by atoms with Crippen molar-refractivity contribution in [3.05, 3.63) is 46.6 Å². The van der Waals surface area contributed by atoms with Crippen molar-refractivity contribution in [1.82, 2.24) is 15.5 Å². The van der Waals surface area contributed by atoms with Crippen molar-refractivity contribution in [2.75, 3.05) is 0 Å². The first-order chi connectivity index (χ1) is 8.33. The fourth-order valence-corrected chi connectivity index (χ4v) is 2.48. The van der Waals surface area contributed by atoms with Crippen molar-refractivity contribution < 1.29 is 4.52 Å². The summed E-state index contributed by atoms with van der Waals surface area (Å²) in [5, 5.41) is 8.02. The number of benzene rings is 1. The molecule has 0 amide bonds. The van der Waals surface area contributed by atoms with Gasteiger partial charge in [0, 0.05) is 11.1 Å². The van der Waals surface area contributed by atoms with Gasteiger partial charge >= 0.3 is 0 Å². The van der Waals surface area contributed by atoms with Crippen molar-refractivity contribution in [1.29, 1.82) is 0 Å². The van der Waals surface area contributed by atoms with Crippen molar-refractivity contribution >= 4 is 11.6 Å². The molecule has 0 bridgehead atoms. The molecule has 17 heavy (non-hydrogen) atoms. The second-order valence-electron chi connectivity index (χ2n) is 4.16. The fourth-order valence-electron chi connectivity index (χ4n) is 2.28. The molecule has 1 N–H and O–H groups in total. The molecule has 0 saturated carbocycles. The summed E-state index contributed by atoms with van der Waals surface area (Å²) in [6.45, 7) is 0.628. The summed E-state index contributed by atoms with van der Waals surface area (Å²) in [7, 11) is 0. The van der Waals surface area contributed by atoms with Crippen LogP contribution in [0.4, 0.5) is 0 Å². The molecular weight excluding hydrogens is 238 g/mol. The average molecular weight is 250 g/mol. The van der Waals surface area contributed by atoms with Crippen LogP contribution in [0, 0.1) is 0 Å². The second-order valence-corrected chi connectivity index (χ2v) is 4.60. The third-order valence-electron chi connectivity index (χ3n) is 3.10. The van der Waals surface area contributed by atoms with Crippen LogP contribution < -0.4 is 5.32 Å². The number of hydrogen-bond donors (Lipinski definition) is 1. The Morgan fingerprint density at radius 2 is 2.41 bits per heavy atom. The van der Waals surface area contributed by atoms with Crippen LogP contribution in [0.25, 0.3) is 0 Å². The molecule has 88 valence electrons. The van der Waals surface area contributed by atoms with Crippen LogP contribution in [0.15, 0.2) is 29.1 Å². The van der Waals surface area contributed by atoms with E-state index in [1.165, 1.54) is 17.5 Å². The number of aryl methyl sites for hydroxylation is 1. The van der Waals surface area contributed by atoms with Crippen molar-refractivity contribution in [2.45, 2.75) is 25.4 Å². The summed E-state index contributed by atoms with van der Waals surface area (Å²) >= 11 is 5.98. The predicted molar refractivity (Wildman–Crippen MR) is 63.7 cm³/mol. The minimum atomic E-state index is 0.362. The lowest BCUT2D eigenvalue weighted by Crippen LogP contribution is -2.19. The molecule has 0 saturated heterocycles. The third kappa shape index (κ3) is 2.18. The van der Waals surface area contributed by atoms with E-state index in [0.717, 1.165) is 17.9 Å². The monoisotopic (exact) mass is 249 g/mol. The van der Waals surface area contributed by atoms with E-state index >= 15 is 0 Å². The van der Waals surface area contributed by atoms with Gasteiger partial charge in [-0.05, 0) is 36.1 Å². The number of fused-ring (bicyclic) bond motifs is 1. The van der Waals surface area contributed by atoms with Crippen LogP contribution in [0.3, 0.4) is 0 Å². The summed E-state index contributed by atoms with van der Waals surface area (Å²) < 4.78 is 4.70. The molecule has 2 aromatic rings. The normalized spacial score (nSPS) is 18.3. The van der Waals surface area contributed by atoms with Gasteiger partial charge in [0.2, 0.25) is 6.39 Å². The van der Waals surface area contributed by atoms with Gasteiger partial charge in [-0.2, -0.15) is 4.98 Å². The molecular formula is C12H12ClN3O. The van der Waals surface area contributed by atoms with Gasteiger partial charge in [-0.3, -0.25) is 0 Å². The number of rotatable bonds is 3. The van der Waals surface area contributed by atoms with Crippen LogP contribution in [0.5, 0.6) is 0 Å².